The van der Waals surface area contributed by atoms with Crippen LogP contribution in [-0.4, -0.2) is 59.5 Å². The van der Waals surface area contributed by atoms with Crippen molar-refractivity contribution in [3.8, 4) is 11.5 Å². The van der Waals surface area contributed by atoms with Gasteiger partial charge in [0.2, 0.25) is 15.9 Å². The first kappa shape index (κ1) is 22.9. The average molecular weight is 448 g/mol. The number of carbonyl (C=O) groups excluding carboxylic acids is 1. The number of carbonyl (C=O) groups is 1. The summed E-state index contributed by atoms with van der Waals surface area (Å²) in [5.74, 6) is 0.971. The van der Waals surface area contributed by atoms with Crippen LogP contribution < -0.4 is 19.7 Å². The second kappa shape index (κ2) is 9.57. The summed E-state index contributed by atoms with van der Waals surface area (Å²) < 4.78 is 37.3. The van der Waals surface area contributed by atoms with Crippen molar-refractivity contribution < 1.29 is 22.7 Å². The molecule has 168 valence electrons. The van der Waals surface area contributed by atoms with E-state index in [1.807, 2.05) is 18.2 Å². The molecule has 1 aliphatic heterocycles. The van der Waals surface area contributed by atoms with Gasteiger partial charge in [-0.1, -0.05) is 0 Å². The molecule has 0 saturated carbocycles. The monoisotopic (exact) mass is 447 g/mol. The van der Waals surface area contributed by atoms with Crippen LogP contribution in [0.25, 0.3) is 0 Å². The smallest absolute Gasteiger partial charge is 0.246 e. The number of methoxy groups -OCH3 is 1. The molecule has 0 spiro atoms. The van der Waals surface area contributed by atoms with Crippen molar-refractivity contribution in [2.24, 2.45) is 0 Å². The minimum atomic E-state index is -3.70. The predicted molar refractivity (Wildman–Crippen MR) is 121 cm³/mol. The van der Waals surface area contributed by atoms with Crippen LogP contribution in [0.3, 0.4) is 0 Å². The summed E-state index contributed by atoms with van der Waals surface area (Å²) in [6.45, 7) is 2.83. The number of rotatable bonds is 8. The topological polar surface area (TPSA) is 88.2 Å². The highest BCUT2D eigenvalue weighted by Crippen LogP contribution is 2.31. The molecule has 0 fully saturated rings. The van der Waals surface area contributed by atoms with Crippen molar-refractivity contribution in [1.29, 1.82) is 0 Å². The Hall–Kier alpha value is -2.78. The van der Waals surface area contributed by atoms with Gasteiger partial charge in [0, 0.05) is 32.0 Å². The molecule has 0 aromatic heterocycles. The number of ether oxygens (including phenoxy) is 2. The Bertz CT molecular complexity index is 1050. The molecule has 1 aliphatic rings. The minimum absolute atomic E-state index is 0.0426. The molecule has 0 aliphatic carbocycles. The lowest BCUT2D eigenvalue weighted by Crippen LogP contribution is -2.39. The minimum Gasteiger partial charge on any atom is -0.497 e. The van der Waals surface area contributed by atoms with E-state index in [1.54, 1.807) is 31.1 Å². The molecule has 0 bridgehead atoms. The van der Waals surface area contributed by atoms with E-state index in [-0.39, 0.29) is 23.1 Å². The molecule has 3 rings (SSSR count). The molecule has 1 heterocycles. The highest BCUT2D eigenvalue weighted by atomic mass is 32.2. The first-order valence-electron chi connectivity index (χ1n) is 10.2. The SMILES string of the molecule is CCOc1ccc(NCC(=O)N2CCCc3cc(OC)ccc32)cc1S(=O)(=O)N(C)C. The maximum Gasteiger partial charge on any atom is 0.246 e. The fourth-order valence-corrected chi connectivity index (χ4v) is 4.57. The normalized spacial score (nSPS) is 13.6. The lowest BCUT2D eigenvalue weighted by Gasteiger charge is -2.30. The molecule has 2 aromatic rings. The van der Waals surface area contributed by atoms with E-state index in [1.165, 1.54) is 20.2 Å². The fraction of sp³-hybridized carbons (Fsp3) is 0.409. The first-order chi connectivity index (χ1) is 14.8. The highest BCUT2D eigenvalue weighted by molar-refractivity contribution is 7.89. The molecule has 0 atom stereocenters. The van der Waals surface area contributed by atoms with Crippen LogP contribution >= 0.6 is 0 Å². The van der Waals surface area contributed by atoms with Gasteiger partial charge in [-0.25, -0.2) is 12.7 Å². The van der Waals surface area contributed by atoms with Gasteiger partial charge in [-0.15, -0.1) is 0 Å². The summed E-state index contributed by atoms with van der Waals surface area (Å²) in [5, 5.41) is 3.06. The number of aryl methyl sites for hydroxylation is 1. The van der Waals surface area contributed by atoms with E-state index >= 15 is 0 Å². The van der Waals surface area contributed by atoms with Crippen molar-refractivity contribution in [3.63, 3.8) is 0 Å². The fourth-order valence-electron chi connectivity index (χ4n) is 3.52. The quantitative estimate of drug-likeness (QED) is 0.670. The average Bonchev–Trinajstić information content (AvgIpc) is 2.77. The Labute approximate surface area is 183 Å². The molecule has 0 saturated heterocycles. The van der Waals surface area contributed by atoms with E-state index < -0.39 is 10.0 Å². The molecular weight excluding hydrogens is 418 g/mol. The van der Waals surface area contributed by atoms with E-state index in [0.29, 0.717) is 18.8 Å². The summed E-state index contributed by atoms with van der Waals surface area (Å²) in [7, 11) is 0.867. The van der Waals surface area contributed by atoms with Crippen LogP contribution in [0, 0.1) is 0 Å². The summed E-state index contributed by atoms with van der Waals surface area (Å²) >= 11 is 0. The number of hydrogen-bond donors (Lipinski definition) is 1. The van der Waals surface area contributed by atoms with Gasteiger partial charge in [-0.3, -0.25) is 4.79 Å². The molecule has 0 unspecified atom stereocenters. The van der Waals surface area contributed by atoms with Crippen LogP contribution in [0.15, 0.2) is 41.3 Å². The molecule has 0 radical (unpaired) electrons. The number of amides is 1. The maximum atomic E-state index is 12.9. The van der Waals surface area contributed by atoms with Crippen LogP contribution in [0.5, 0.6) is 11.5 Å². The lowest BCUT2D eigenvalue weighted by atomic mass is 10.0. The number of nitrogens with one attached hydrogen (secondary N) is 1. The first-order valence-corrected chi connectivity index (χ1v) is 11.6. The van der Waals surface area contributed by atoms with Crippen molar-refractivity contribution >= 4 is 27.3 Å². The molecule has 1 N–H and O–H groups in total. The number of benzene rings is 2. The van der Waals surface area contributed by atoms with Gasteiger partial charge in [0.15, 0.2) is 0 Å². The van der Waals surface area contributed by atoms with Crippen molar-refractivity contribution in [3.05, 3.63) is 42.0 Å². The number of nitrogens with zero attached hydrogens (tertiary/aromatic N) is 2. The summed E-state index contributed by atoms with van der Waals surface area (Å²) in [6.07, 6.45) is 1.77. The highest BCUT2D eigenvalue weighted by Gasteiger charge is 2.25. The third-order valence-corrected chi connectivity index (χ3v) is 6.99. The predicted octanol–water partition coefficient (Wildman–Crippen LogP) is 2.74. The van der Waals surface area contributed by atoms with Gasteiger partial charge in [-0.05, 0) is 61.7 Å². The Morgan fingerprint density at radius 3 is 2.65 bits per heavy atom. The Balaban J connectivity index is 1.78. The Morgan fingerprint density at radius 1 is 1.19 bits per heavy atom. The van der Waals surface area contributed by atoms with E-state index in [4.69, 9.17) is 9.47 Å². The molecule has 31 heavy (non-hydrogen) atoms. The van der Waals surface area contributed by atoms with Crippen LogP contribution in [0.4, 0.5) is 11.4 Å². The van der Waals surface area contributed by atoms with Gasteiger partial charge in [0.25, 0.3) is 0 Å². The van der Waals surface area contributed by atoms with Gasteiger partial charge in [-0.2, -0.15) is 0 Å². The largest absolute Gasteiger partial charge is 0.497 e. The van der Waals surface area contributed by atoms with Crippen LogP contribution in [-0.2, 0) is 21.2 Å². The van der Waals surface area contributed by atoms with E-state index in [2.05, 4.69) is 5.32 Å². The summed E-state index contributed by atoms with van der Waals surface area (Å²) in [4.78, 5) is 14.8. The van der Waals surface area contributed by atoms with Crippen LogP contribution in [0.1, 0.15) is 18.9 Å². The van der Waals surface area contributed by atoms with Crippen molar-refractivity contribution in [2.45, 2.75) is 24.7 Å². The molecular formula is C22H29N3O5S. The zero-order valence-electron chi connectivity index (χ0n) is 18.3. The van der Waals surface area contributed by atoms with Crippen molar-refractivity contribution in [1.82, 2.24) is 4.31 Å². The Kier molecular flexibility index (Phi) is 7.07. The molecule has 1 amide bonds. The van der Waals surface area contributed by atoms with E-state index in [0.717, 1.165) is 34.1 Å². The van der Waals surface area contributed by atoms with Gasteiger partial charge >= 0.3 is 0 Å². The van der Waals surface area contributed by atoms with Gasteiger partial charge in [0.05, 0.1) is 20.3 Å². The third kappa shape index (κ3) is 4.94. The molecule has 2 aromatic carbocycles. The standard InChI is InChI=1S/C22H29N3O5S/c1-5-30-20-11-8-17(14-21(20)31(27,28)24(2)3)23-15-22(26)25-12-6-7-16-13-18(29-4)9-10-19(16)25/h8-11,13-14,23H,5-7,12,15H2,1-4H3. The number of hydrogen-bond acceptors (Lipinski definition) is 6. The lowest BCUT2D eigenvalue weighted by molar-refractivity contribution is -0.117. The van der Waals surface area contributed by atoms with Crippen molar-refractivity contribution in [2.75, 3.05) is 51.1 Å². The number of anilines is 2. The van der Waals surface area contributed by atoms with Gasteiger partial charge in [0.1, 0.15) is 16.4 Å². The zero-order valence-corrected chi connectivity index (χ0v) is 19.2. The van der Waals surface area contributed by atoms with Crippen LogP contribution in [0.2, 0.25) is 0 Å². The Morgan fingerprint density at radius 2 is 1.97 bits per heavy atom. The van der Waals surface area contributed by atoms with E-state index in [9.17, 15) is 13.2 Å². The van der Waals surface area contributed by atoms with Gasteiger partial charge < -0.3 is 19.7 Å². The number of fused-ring (bicyclic) bond motifs is 1. The number of sulfonamides is 1. The summed E-state index contributed by atoms with van der Waals surface area (Å²) in [5.41, 5.74) is 2.50. The second-order valence-corrected chi connectivity index (χ2v) is 9.50. The third-order valence-electron chi connectivity index (χ3n) is 5.15. The summed E-state index contributed by atoms with van der Waals surface area (Å²) in [6, 6.07) is 10.5. The molecule has 9 heteroatoms. The maximum absolute atomic E-state index is 12.9. The second-order valence-electron chi connectivity index (χ2n) is 7.38. The molecule has 8 nitrogen and oxygen atoms in total. The zero-order chi connectivity index (χ0) is 22.6.